The molecule has 0 radical (unpaired) electrons. The summed E-state index contributed by atoms with van der Waals surface area (Å²) >= 11 is 3.42. The lowest BCUT2D eigenvalue weighted by Crippen LogP contribution is -2.54. The van der Waals surface area contributed by atoms with Gasteiger partial charge in [-0.25, -0.2) is 0 Å². The van der Waals surface area contributed by atoms with E-state index < -0.39 is 0 Å². The molecule has 8 atom stereocenters. The summed E-state index contributed by atoms with van der Waals surface area (Å²) in [5.74, 6) is 3.88. The second-order valence-electron chi connectivity index (χ2n) is 9.86. The Bertz CT molecular complexity index is 520. The molecule has 0 aromatic rings. The number of hydrogen-bond acceptors (Lipinski definition) is 2. The summed E-state index contributed by atoms with van der Waals surface area (Å²) in [5, 5.41) is 10.7. The third-order valence-electron chi connectivity index (χ3n) is 9.16. The van der Waals surface area contributed by atoms with E-state index in [0.29, 0.717) is 22.4 Å². The van der Waals surface area contributed by atoms with E-state index in [1.807, 2.05) is 0 Å². The van der Waals surface area contributed by atoms with Crippen molar-refractivity contribution in [1.29, 1.82) is 0 Å². The fourth-order valence-corrected chi connectivity index (χ4v) is 8.25. The van der Waals surface area contributed by atoms with Crippen LogP contribution in [0.4, 0.5) is 0 Å². The van der Waals surface area contributed by atoms with E-state index in [2.05, 4.69) is 29.8 Å². The van der Waals surface area contributed by atoms with Gasteiger partial charge in [0.1, 0.15) is 5.78 Å². The Hall–Kier alpha value is 0.110. The highest BCUT2D eigenvalue weighted by atomic mass is 79.9. The number of fused-ring (bicyclic) bond motifs is 5. The molecule has 0 saturated heterocycles. The topological polar surface area (TPSA) is 37.3 Å². The third kappa shape index (κ3) is 2.40. The molecule has 3 heteroatoms. The fourth-order valence-electron chi connectivity index (χ4n) is 7.86. The van der Waals surface area contributed by atoms with Crippen LogP contribution in [0.15, 0.2) is 0 Å². The van der Waals surface area contributed by atoms with Gasteiger partial charge in [-0.1, -0.05) is 29.8 Å². The summed E-state index contributed by atoms with van der Waals surface area (Å²) in [6, 6.07) is 0. The third-order valence-corrected chi connectivity index (χ3v) is 9.71. The van der Waals surface area contributed by atoms with Crippen molar-refractivity contribution in [3.8, 4) is 0 Å². The second-order valence-corrected chi connectivity index (χ2v) is 10.4. The molecular weight excluding hydrogens is 364 g/mol. The van der Waals surface area contributed by atoms with Gasteiger partial charge in [0.2, 0.25) is 0 Å². The van der Waals surface area contributed by atoms with E-state index in [0.717, 1.165) is 42.9 Å². The molecule has 0 amide bonds. The lowest BCUT2D eigenvalue weighted by atomic mass is 9.44. The molecule has 4 rings (SSSR count). The number of aliphatic hydroxyl groups excluding tert-OH is 1. The van der Waals surface area contributed by atoms with Gasteiger partial charge in [0.25, 0.3) is 0 Å². The molecule has 0 spiro atoms. The second kappa shape index (κ2) is 6.08. The Morgan fingerprint density at radius 2 is 1.71 bits per heavy atom. The monoisotopic (exact) mass is 396 g/mol. The van der Waals surface area contributed by atoms with Gasteiger partial charge in [0.05, 0.1) is 11.4 Å². The largest absolute Gasteiger partial charge is 0.393 e. The average molecular weight is 397 g/mol. The minimum atomic E-state index is -0.0547. The minimum absolute atomic E-state index is 0.0547. The number of carbonyl (C=O) groups is 1. The van der Waals surface area contributed by atoms with Crippen molar-refractivity contribution in [2.45, 2.75) is 77.7 Å². The molecule has 0 heterocycles. The van der Waals surface area contributed by atoms with Crippen LogP contribution in [0.3, 0.4) is 0 Å². The Kier molecular flexibility index (Phi) is 4.44. The van der Waals surface area contributed by atoms with Gasteiger partial charge in [-0.15, -0.1) is 0 Å². The molecule has 8 unspecified atom stereocenters. The maximum absolute atomic E-state index is 12.5. The SMILES string of the molecule is CC12CCC(O)CC1CCC1C2CCC2(C)C(C(=O)CBr)CCC12. The number of hydrogen-bond donors (Lipinski definition) is 1. The number of rotatable bonds is 2. The minimum Gasteiger partial charge on any atom is -0.393 e. The molecule has 0 bridgehead atoms. The van der Waals surface area contributed by atoms with E-state index in [1.54, 1.807) is 0 Å². The molecule has 4 aliphatic carbocycles. The molecule has 4 saturated carbocycles. The van der Waals surface area contributed by atoms with Crippen molar-refractivity contribution in [3.63, 3.8) is 0 Å². The summed E-state index contributed by atoms with van der Waals surface area (Å²) in [6.45, 7) is 4.98. The number of ketones is 1. The van der Waals surface area contributed by atoms with E-state index in [-0.39, 0.29) is 11.5 Å². The first-order chi connectivity index (χ1) is 11.4. The molecule has 0 aromatic carbocycles. The van der Waals surface area contributed by atoms with E-state index in [1.165, 1.54) is 38.5 Å². The van der Waals surface area contributed by atoms with Crippen LogP contribution in [0.2, 0.25) is 0 Å². The first-order valence-electron chi connectivity index (χ1n) is 10.2. The number of carbonyl (C=O) groups excluding carboxylic acids is 1. The number of alkyl halides is 1. The number of Topliss-reactive ketones (excluding diaryl/α,β-unsaturated/α-hetero) is 1. The van der Waals surface area contributed by atoms with Crippen molar-refractivity contribution in [1.82, 2.24) is 0 Å². The van der Waals surface area contributed by atoms with Crippen molar-refractivity contribution >= 4 is 21.7 Å². The normalized spacial score (nSPS) is 53.8. The van der Waals surface area contributed by atoms with Crippen LogP contribution in [0, 0.1) is 40.4 Å². The molecule has 0 aliphatic heterocycles. The maximum atomic E-state index is 12.5. The lowest BCUT2D eigenvalue weighted by Gasteiger charge is -2.60. The van der Waals surface area contributed by atoms with Gasteiger partial charge in [0, 0.05) is 5.92 Å². The summed E-state index contributed by atoms with van der Waals surface area (Å²) in [5.41, 5.74) is 0.699. The first kappa shape index (κ1) is 17.5. The predicted molar refractivity (Wildman–Crippen MR) is 100 cm³/mol. The van der Waals surface area contributed by atoms with Gasteiger partial charge >= 0.3 is 0 Å². The Morgan fingerprint density at radius 1 is 1.00 bits per heavy atom. The summed E-state index contributed by atoms with van der Waals surface area (Å²) in [6.07, 6.45) is 10.8. The molecule has 136 valence electrons. The predicted octanol–water partition coefficient (Wildman–Crippen LogP) is 4.97. The van der Waals surface area contributed by atoms with E-state index in [4.69, 9.17) is 0 Å². The van der Waals surface area contributed by atoms with Crippen LogP contribution in [0.5, 0.6) is 0 Å². The van der Waals surface area contributed by atoms with E-state index >= 15 is 0 Å². The van der Waals surface area contributed by atoms with Crippen molar-refractivity contribution in [2.75, 3.05) is 5.33 Å². The summed E-state index contributed by atoms with van der Waals surface area (Å²) in [7, 11) is 0. The quantitative estimate of drug-likeness (QED) is 0.668. The standard InChI is InChI=1S/C21H33BrO2/c1-20-9-7-14(23)11-13(20)3-4-15-16-5-6-18(19(24)12-22)21(16,2)10-8-17(15)20/h13-18,23H,3-12H2,1-2H3. The maximum Gasteiger partial charge on any atom is 0.147 e. The van der Waals surface area contributed by atoms with Crippen LogP contribution in [0.1, 0.15) is 71.6 Å². The Balaban J connectivity index is 1.60. The zero-order valence-corrected chi connectivity index (χ0v) is 16.9. The molecule has 4 aliphatic rings. The van der Waals surface area contributed by atoms with Crippen LogP contribution in [-0.2, 0) is 4.79 Å². The summed E-state index contributed by atoms with van der Waals surface area (Å²) in [4.78, 5) is 12.5. The van der Waals surface area contributed by atoms with Crippen molar-refractivity contribution < 1.29 is 9.90 Å². The smallest absolute Gasteiger partial charge is 0.147 e. The highest BCUT2D eigenvalue weighted by molar-refractivity contribution is 9.09. The van der Waals surface area contributed by atoms with Gasteiger partial charge in [0.15, 0.2) is 0 Å². The van der Waals surface area contributed by atoms with Gasteiger partial charge in [-0.05, 0) is 92.3 Å². The number of halogens is 1. The van der Waals surface area contributed by atoms with Gasteiger partial charge in [-0.2, -0.15) is 0 Å². The highest BCUT2D eigenvalue weighted by Gasteiger charge is 2.60. The zero-order chi connectivity index (χ0) is 17.1. The molecule has 1 N–H and O–H groups in total. The fraction of sp³-hybridized carbons (Fsp3) is 0.952. The molecular formula is C21H33BrO2. The lowest BCUT2D eigenvalue weighted by molar-refractivity contribution is -0.138. The molecule has 24 heavy (non-hydrogen) atoms. The first-order valence-corrected chi connectivity index (χ1v) is 11.3. The van der Waals surface area contributed by atoms with Gasteiger partial charge < -0.3 is 5.11 Å². The van der Waals surface area contributed by atoms with Crippen LogP contribution >= 0.6 is 15.9 Å². The Morgan fingerprint density at radius 3 is 2.46 bits per heavy atom. The Labute approximate surface area is 155 Å². The van der Waals surface area contributed by atoms with Crippen molar-refractivity contribution in [3.05, 3.63) is 0 Å². The average Bonchev–Trinajstić information content (AvgIpc) is 2.92. The number of aliphatic hydroxyl groups is 1. The van der Waals surface area contributed by atoms with E-state index in [9.17, 15) is 9.90 Å². The van der Waals surface area contributed by atoms with Gasteiger partial charge in [-0.3, -0.25) is 4.79 Å². The van der Waals surface area contributed by atoms with Crippen LogP contribution in [0.25, 0.3) is 0 Å². The van der Waals surface area contributed by atoms with Crippen LogP contribution in [-0.4, -0.2) is 22.3 Å². The molecule has 4 fully saturated rings. The molecule has 0 aromatic heterocycles. The van der Waals surface area contributed by atoms with Crippen LogP contribution < -0.4 is 0 Å². The zero-order valence-electron chi connectivity index (χ0n) is 15.3. The summed E-state index contributed by atoms with van der Waals surface area (Å²) < 4.78 is 0. The molecule has 2 nitrogen and oxygen atoms in total. The highest BCUT2D eigenvalue weighted by Crippen LogP contribution is 2.67. The van der Waals surface area contributed by atoms with Crippen molar-refractivity contribution in [2.24, 2.45) is 40.4 Å².